The molecule has 1 aliphatic rings. The predicted molar refractivity (Wildman–Crippen MR) is 96.3 cm³/mol. The van der Waals surface area contributed by atoms with E-state index in [1.54, 1.807) is 18.3 Å². The number of nitrogens with one attached hydrogen (secondary N) is 1. The first kappa shape index (κ1) is 15.9. The number of furan rings is 1. The van der Waals surface area contributed by atoms with Crippen LogP contribution in [0.3, 0.4) is 0 Å². The summed E-state index contributed by atoms with van der Waals surface area (Å²) in [5.74, 6) is 1.20. The summed E-state index contributed by atoms with van der Waals surface area (Å²) in [5.41, 5.74) is 0.226. The second-order valence-corrected chi connectivity index (χ2v) is 8.66. The van der Waals surface area contributed by atoms with Crippen molar-refractivity contribution in [1.82, 2.24) is 10.3 Å². The van der Waals surface area contributed by atoms with Gasteiger partial charge in [-0.3, -0.25) is 4.79 Å². The quantitative estimate of drug-likeness (QED) is 0.664. The molecule has 0 radical (unpaired) electrons. The molecule has 7 heteroatoms. The van der Waals surface area contributed by atoms with Crippen LogP contribution >= 0.6 is 34.5 Å². The maximum Gasteiger partial charge on any atom is 0.229 e. The van der Waals surface area contributed by atoms with Gasteiger partial charge in [0.15, 0.2) is 10.8 Å². The summed E-state index contributed by atoms with van der Waals surface area (Å²) in [6, 6.07) is 11.7. The highest BCUT2D eigenvalue weighted by Gasteiger charge is 2.67. The molecule has 0 spiro atoms. The average molecular weight is 381 g/mol. The van der Waals surface area contributed by atoms with Crippen LogP contribution in [0.4, 0.5) is 0 Å². The third kappa shape index (κ3) is 2.61. The van der Waals surface area contributed by atoms with Crippen molar-refractivity contribution < 1.29 is 9.21 Å². The van der Waals surface area contributed by atoms with Crippen LogP contribution in [0.5, 0.6) is 0 Å². The number of halogens is 2. The molecule has 3 aromatic rings. The second kappa shape index (κ2) is 5.48. The van der Waals surface area contributed by atoms with E-state index in [-0.39, 0.29) is 5.91 Å². The first-order valence-corrected chi connectivity index (χ1v) is 9.07. The first-order chi connectivity index (χ1) is 11.4. The van der Waals surface area contributed by atoms with E-state index >= 15 is 0 Å². The molecule has 24 heavy (non-hydrogen) atoms. The Kier molecular flexibility index (Phi) is 3.64. The predicted octanol–water partition coefficient (Wildman–Crippen LogP) is 4.76. The number of thiazole rings is 1. The summed E-state index contributed by atoms with van der Waals surface area (Å²) < 4.78 is 5.95. The number of fused-ring (bicyclic) bond motifs is 1. The fraction of sp³-hybridized carbons (Fsp3) is 0.294. The van der Waals surface area contributed by atoms with Crippen LogP contribution in [0, 0.1) is 5.41 Å². The van der Waals surface area contributed by atoms with Crippen LogP contribution in [-0.4, -0.2) is 15.2 Å². The molecule has 1 aliphatic carbocycles. The van der Waals surface area contributed by atoms with E-state index in [9.17, 15) is 4.79 Å². The Morgan fingerprint density at radius 3 is 2.79 bits per heavy atom. The molecule has 0 aliphatic heterocycles. The number of hydrogen-bond acceptors (Lipinski definition) is 4. The molecule has 1 amide bonds. The van der Waals surface area contributed by atoms with E-state index in [0.29, 0.717) is 24.5 Å². The molecule has 4 nitrogen and oxygen atoms in total. The Labute approximate surface area is 152 Å². The number of aromatic nitrogens is 1. The molecule has 1 aromatic carbocycles. The minimum absolute atomic E-state index is 0.162. The number of para-hydroxylation sites is 1. The largest absolute Gasteiger partial charge is 0.457 e. The Morgan fingerprint density at radius 1 is 1.33 bits per heavy atom. The Bertz CT molecular complexity index is 900. The molecular weight excluding hydrogens is 367 g/mol. The van der Waals surface area contributed by atoms with E-state index in [2.05, 4.69) is 10.3 Å². The Morgan fingerprint density at radius 2 is 2.08 bits per heavy atom. The van der Waals surface area contributed by atoms with E-state index < -0.39 is 9.75 Å². The maximum atomic E-state index is 12.2. The van der Waals surface area contributed by atoms with Gasteiger partial charge in [-0.1, -0.05) is 12.1 Å². The van der Waals surface area contributed by atoms with Gasteiger partial charge < -0.3 is 9.73 Å². The van der Waals surface area contributed by atoms with Crippen LogP contribution in [0.2, 0.25) is 0 Å². The van der Waals surface area contributed by atoms with Gasteiger partial charge in [-0.15, -0.1) is 34.5 Å². The van der Waals surface area contributed by atoms with E-state index in [4.69, 9.17) is 27.6 Å². The lowest BCUT2D eigenvalue weighted by atomic mass is 10.1. The maximum absolute atomic E-state index is 12.2. The smallest absolute Gasteiger partial charge is 0.229 e. The van der Waals surface area contributed by atoms with Crippen molar-refractivity contribution in [2.45, 2.75) is 24.2 Å². The van der Waals surface area contributed by atoms with Crippen LogP contribution in [-0.2, 0) is 11.3 Å². The molecule has 0 bridgehead atoms. The number of rotatable bonds is 4. The van der Waals surface area contributed by atoms with Gasteiger partial charge in [0.2, 0.25) is 5.91 Å². The standard InChI is InChI=1S/C17H14Cl2N2O2S/c1-16(9-17(16,18)19)15(22)20-8-10-6-7-12(23-10)14-21-11-4-2-3-5-13(11)24-14/h2-7H,8-9H2,1H3,(H,20,22). The molecular formula is C17H14Cl2N2O2S. The highest BCUT2D eigenvalue weighted by molar-refractivity contribution is 7.21. The number of alkyl halides is 2. The number of amides is 1. The summed E-state index contributed by atoms with van der Waals surface area (Å²) in [5, 5.41) is 3.65. The summed E-state index contributed by atoms with van der Waals surface area (Å²) >= 11 is 13.6. The molecule has 1 unspecified atom stereocenters. The minimum atomic E-state index is -0.966. The Hall–Kier alpha value is -1.56. The molecule has 2 heterocycles. The summed E-state index contributed by atoms with van der Waals surface area (Å²) in [6.07, 6.45) is 0.462. The van der Waals surface area contributed by atoms with Crippen molar-refractivity contribution in [2.24, 2.45) is 5.41 Å². The molecule has 1 fully saturated rings. The number of hydrogen-bond donors (Lipinski definition) is 1. The molecule has 1 atom stereocenters. The molecule has 0 saturated heterocycles. The van der Waals surface area contributed by atoms with Gasteiger partial charge in [-0.2, -0.15) is 0 Å². The topological polar surface area (TPSA) is 55.1 Å². The van der Waals surface area contributed by atoms with Crippen molar-refractivity contribution in [3.05, 3.63) is 42.2 Å². The number of benzene rings is 1. The van der Waals surface area contributed by atoms with E-state index in [1.807, 2.05) is 36.4 Å². The van der Waals surface area contributed by atoms with Crippen LogP contribution in [0.1, 0.15) is 19.1 Å². The zero-order chi connectivity index (χ0) is 16.9. The fourth-order valence-corrected chi connectivity index (χ4v) is 4.21. The second-order valence-electron chi connectivity index (χ2n) is 6.15. The normalized spacial score (nSPS) is 21.8. The summed E-state index contributed by atoms with van der Waals surface area (Å²) in [4.78, 5) is 16.7. The van der Waals surface area contributed by atoms with Gasteiger partial charge in [-0.25, -0.2) is 4.98 Å². The highest BCUT2D eigenvalue weighted by atomic mass is 35.5. The molecule has 124 valence electrons. The average Bonchev–Trinajstić information content (AvgIpc) is 2.99. The lowest BCUT2D eigenvalue weighted by Crippen LogP contribution is -2.32. The zero-order valence-corrected chi connectivity index (χ0v) is 15.1. The van der Waals surface area contributed by atoms with Gasteiger partial charge in [0.25, 0.3) is 0 Å². The lowest BCUT2D eigenvalue weighted by molar-refractivity contribution is -0.126. The van der Waals surface area contributed by atoms with Gasteiger partial charge in [0, 0.05) is 0 Å². The highest BCUT2D eigenvalue weighted by Crippen LogP contribution is 2.63. The van der Waals surface area contributed by atoms with Crippen molar-refractivity contribution in [1.29, 1.82) is 0 Å². The van der Waals surface area contributed by atoms with Crippen molar-refractivity contribution >= 4 is 50.7 Å². The van der Waals surface area contributed by atoms with Crippen LogP contribution in [0.25, 0.3) is 21.0 Å². The minimum Gasteiger partial charge on any atom is -0.457 e. The summed E-state index contributed by atoms with van der Waals surface area (Å²) in [7, 11) is 0. The van der Waals surface area contributed by atoms with Gasteiger partial charge in [0.05, 0.1) is 22.2 Å². The zero-order valence-electron chi connectivity index (χ0n) is 12.8. The van der Waals surface area contributed by atoms with Crippen LogP contribution in [0.15, 0.2) is 40.8 Å². The third-order valence-electron chi connectivity index (χ3n) is 4.35. The number of carbonyl (C=O) groups excluding carboxylic acids is 1. The van der Waals surface area contributed by atoms with Crippen molar-refractivity contribution in [2.75, 3.05) is 0 Å². The molecule has 2 aromatic heterocycles. The van der Waals surface area contributed by atoms with Crippen molar-refractivity contribution in [3.63, 3.8) is 0 Å². The molecule has 1 saturated carbocycles. The van der Waals surface area contributed by atoms with E-state index in [1.165, 1.54) is 0 Å². The van der Waals surface area contributed by atoms with Gasteiger partial charge >= 0.3 is 0 Å². The Balaban J connectivity index is 1.46. The SMILES string of the molecule is CC1(C(=O)NCc2ccc(-c3nc4ccccc4s3)o2)CC1(Cl)Cl. The van der Waals surface area contributed by atoms with Gasteiger partial charge in [-0.05, 0) is 37.6 Å². The first-order valence-electron chi connectivity index (χ1n) is 7.50. The van der Waals surface area contributed by atoms with Crippen LogP contribution < -0.4 is 5.32 Å². The fourth-order valence-electron chi connectivity index (χ4n) is 2.57. The molecule has 1 N–H and O–H groups in total. The monoisotopic (exact) mass is 380 g/mol. The third-order valence-corrected chi connectivity index (χ3v) is 6.50. The lowest BCUT2D eigenvalue weighted by Gasteiger charge is -2.11. The van der Waals surface area contributed by atoms with Crippen molar-refractivity contribution in [3.8, 4) is 10.8 Å². The van der Waals surface area contributed by atoms with E-state index in [0.717, 1.165) is 15.2 Å². The summed E-state index contributed by atoms with van der Waals surface area (Å²) in [6.45, 7) is 2.06. The number of nitrogens with zero attached hydrogens (tertiary/aromatic N) is 1. The van der Waals surface area contributed by atoms with Gasteiger partial charge in [0.1, 0.15) is 10.1 Å². The molecule has 4 rings (SSSR count). The number of carbonyl (C=O) groups is 1.